The number of aromatic nitrogens is 2. The number of halogens is 1. The van der Waals surface area contributed by atoms with Crippen LogP contribution in [0.1, 0.15) is 17.1 Å². The molecule has 1 aliphatic heterocycles. The molecule has 0 saturated heterocycles. The lowest BCUT2D eigenvalue weighted by molar-refractivity contribution is 0.295. The Bertz CT molecular complexity index is 571. The first-order chi connectivity index (χ1) is 9.31. The molecule has 0 unspecified atom stereocenters. The van der Waals surface area contributed by atoms with Crippen molar-refractivity contribution in [2.45, 2.75) is 19.6 Å². The molecule has 1 N–H and O–H groups in total. The van der Waals surface area contributed by atoms with Gasteiger partial charge >= 0.3 is 0 Å². The summed E-state index contributed by atoms with van der Waals surface area (Å²) >= 11 is 5.82. The van der Waals surface area contributed by atoms with E-state index in [0.29, 0.717) is 11.6 Å². The van der Waals surface area contributed by atoms with Crippen molar-refractivity contribution in [3.63, 3.8) is 0 Å². The molecule has 1 aliphatic rings. The van der Waals surface area contributed by atoms with Gasteiger partial charge in [0.2, 0.25) is 0 Å². The van der Waals surface area contributed by atoms with Crippen molar-refractivity contribution in [1.29, 1.82) is 0 Å². The van der Waals surface area contributed by atoms with Crippen LogP contribution in [0.15, 0.2) is 30.5 Å². The summed E-state index contributed by atoms with van der Waals surface area (Å²) in [5, 5.41) is 4.00. The average molecular weight is 276 g/mol. The van der Waals surface area contributed by atoms with Gasteiger partial charge < -0.3 is 10.1 Å². The Hall–Kier alpha value is -1.65. The van der Waals surface area contributed by atoms with Gasteiger partial charge in [-0.25, -0.2) is 9.97 Å². The number of ether oxygens (including phenoxy) is 1. The lowest BCUT2D eigenvalue weighted by Gasteiger charge is -2.16. The summed E-state index contributed by atoms with van der Waals surface area (Å²) in [5.74, 6) is 1.49. The monoisotopic (exact) mass is 275 g/mol. The minimum absolute atomic E-state index is 0.377. The van der Waals surface area contributed by atoms with E-state index in [9.17, 15) is 0 Å². The molecule has 0 aliphatic carbocycles. The van der Waals surface area contributed by atoms with Gasteiger partial charge in [-0.2, -0.15) is 0 Å². The number of hydrogen-bond donors (Lipinski definition) is 1. The summed E-state index contributed by atoms with van der Waals surface area (Å²) < 4.78 is 5.64. The van der Waals surface area contributed by atoms with E-state index in [1.807, 2.05) is 18.3 Å². The third kappa shape index (κ3) is 3.03. The molecule has 3 rings (SSSR count). The fraction of sp³-hybridized carbons (Fsp3) is 0.286. The Labute approximate surface area is 116 Å². The third-order valence-electron chi connectivity index (χ3n) is 3.04. The zero-order valence-corrected chi connectivity index (χ0v) is 11.2. The Kier molecular flexibility index (Phi) is 3.62. The molecule has 4 nitrogen and oxygen atoms in total. The van der Waals surface area contributed by atoms with Gasteiger partial charge in [-0.1, -0.05) is 11.6 Å². The van der Waals surface area contributed by atoms with Crippen LogP contribution in [0.25, 0.3) is 0 Å². The summed E-state index contributed by atoms with van der Waals surface area (Å²) in [4.78, 5) is 8.87. The molecule has 0 amide bonds. The molecule has 5 heteroatoms. The fourth-order valence-electron chi connectivity index (χ4n) is 2.03. The van der Waals surface area contributed by atoms with E-state index in [4.69, 9.17) is 16.3 Å². The zero-order chi connectivity index (χ0) is 13.1. The van der Waals surface area contributed by atoms with Crippen molar-refractivity contribution in [1.82, 2.24) is 15.3 Å². The average Bonchev–Trinajstić information content (AvgIpc) is 2.46. The Morgan fingerprint density at radius 2 is 2.11 bits per heavy atom. The maximum atomic E-state index is 5.82. The first-order valence-corrected chi connectivity index (χ1v) is 6.62. The van der Waals surface area contributed by atoms with Crippen LogP contribution < -0.4 is 10.1 Å². The van der Waals surface area contributed by atoms with Crippen molar-refractivity contribution in [2.75, 3.05) is 6.54 Å². The van der Waals surface area contributed by atoms with E-state index in [-0.39, 0.29) is 0 Å². The van der Waals surface area contributed by atoms with Gasteiger partial charge in [0, 0.05) is 42.0 Å². The quantitative estimate of drug-likeness (QED) is 0.934. The fourth-order valence-corrected chi connectivity index (χ4v) is 2.15. The maximum Gasteiger partial charge on any atom is 0.166 e. The topological polar surface area (TPSA) is 47.0 Å². The van der Waals surface area contributed by atoms with Gasteiger partial charge in [0.15, 0.2) is 5.82 Å². The molecule has 0 fully saturated rings. The summed E-state index contributed by atoms with van der Waals surface area (Å²) in [7, 11) is 0. The second-order valence-corrected chi connectivity index (χ2v) is 4.86. The summed E-state index contributed by atoms with van der Waals surface area (Å²) in [6, 6.07) is 7.28. The van der Waals surface area contributed by atoms with Crippen LogP contribution >= 0.6 is 11.6 Å². The zero-order valence-electron chi connectivity index (χ0n) is 10.4. The van der Waals surface area contributed by atoms with Gasteiger partial charge in [-0.15, -0.1) is 0 Å². The van der Waals surface area contributed by atoms with Gasteiger partial charge in [-0.05, 0) is 24.3 Å². The van der Waals surface area contributed by atoms with Crippen molar-refractivity contribution in [3.05, 3.63) is 52.6 Å². The van der Waals surface area contributed by atoms with Crippen LogP contribution in [0.4, 0.5) is 0 Å². The lowest BCUT2D eigenvalue weighted by atomic mass is 10.1. The first kappa shape index (κ1) is 12.4. The second kappa shape index (κ2) is 5.55. The van der Waals surface area contributed by atoms with E-state index < -0.39 is 0 Å². The highest BCUT2D eigenvalue weighted by Gasteiger charge is 2.11. The second-order valence-electron chi connectivity index (χ2n) is 4.43. The summed E-state index contributed by atoms with van der Waals surface area (Å²) in [5.41, 5.74) is 2.31. The number of rotatable bonds is 3. The lowest BCUT2D eigenvalue weighted by Crippen LogP contribution is -2.25. The highest BCUT2D eigenvalue weighted by atomic mass is 35.5. The van der Waals surface area contributed by atoms with Crippen LogP contribution in [-0.2, 0) is 19.6 Å². The van der Waals surface area contributed by atoms with Gasteiger partial charge in [0.25, 0.3) is 0 Å². The van der Waals surface area contributed by atoms with E-state index in [1.165, 1.54) is 5.56 Å². The third-order valence-corrected chi connectivity index (χ3v) is 3.29. The molecule has 0 spiro atoms. The highest BCUT2D eigenvalue weighted by molar-refractivity contribution is 6.30. The highest BCUT2D eigenvalue weighted by Crippen LogP contribution is 2.17. The Morgan fingerprint density at radius 3 is 2.95 bits per heavy atom. The SMILES string of the molecule is Clc1ccc(OCc2ncc3c(n2)CCNC3)cc1. The molecule has 1 aromatic heterocycles. The van der Waals surface area contributed by atoms with Crippen molar-refractivity contribution in [2.24, 2.45) is 0 Å². The predicted octanol–water partition coefficient (Wildman–Crippen LogP) is 2.35. The van der Waals surface area contributed by atoms with Gasteiger partial charge in [0.1, 0.15) is 12.4 Å². The molecule has 0 atom stereocenters. The van der Waals surface area contributed by atoms with E-state index in [1.54, 1.807) is 12.1 Å². The van der Waals surface area contributed by atoms with E-state index in [2.05, 4.69) is 15.3 Å². The molecule has 0 saturated carbocycles. The number of benzene rings is 1. The molecule has 0 bridgehead atoms. The molecule has 2 heterocycles. The van der Waals surface area contributed by atoms with Crippen molar-refractivity contribution < 1.29 is 4.74 Å². The van der Waals surface area contributed by atoms with Crippen LogP contribution in [0.3, 0.4) is 0 Å². The Balaban J connectivity index is 1.68. The van der Waals surface area contributed by atoms with Crippen molar-refractivity contribution >= 4 is 11.6 Å². The van der Waals surface area contributed by atoms with Gasteiger partial charge in [-0.3, -0.25) is 0 Å². The smallest absolute Gasteiger partial charge is 0.166 e. The van der Waals surface area contributed by atoms with Crippen molar-refractivity contribution in [3.8, 4) is 5.75 Å². The van der Waals surface area contributed by atoms with Crippen LogP contribution in [0.2, 0.25) is 5.02 Å². The number of nitrogens with zero attached hydrogens (tertiary/aromatic N) is 2. The first-order valence-electron chi connectivity index (χ1n) is 6.24. The van der Waals surface area contributed by atoms with Crippen LogP contribution in [0.5, 0.6) is 5.75 Å². The normalized spacial score (nSPS) is 13.9. The standard InChI is InChI=1S/C14H14ClN3O/c15-11-1-3-12(4-2-11)19-9-14-17-8-10-7-16-6-5-13(10)18-14/h1-4,8,16H,5-7,9H2. The van der Waals surface area contributed by atoms with E-state index >= 15 is 0 Å². The molecular formula is C14H14ClN3O. The minimum atomic E-state index is 0.377. The molecule has 2 aromatic rings. The minimum Gasteiger partial charge on any atom is -0.486 e. The maximum absolute atomic E-state index is 5.82. The predicted molar refractivity (Wildman–Crippen MR) is 73.2 cm³/mol. The Morgan fingerprint density at radius 1 is 1.26 bits per heavy atom. The number of nitrogens with one attached hydrogen (secondary N) is 1. The summed E-state index contributed by atoms with van der Waals surface area (Å²) in [6.07, 6.45) is 2.83. The molecule has 1 aromatic carbocycles. The van der Waals surface area contributed by atoms with Gasteiger partial charge in [0.05, 0.1) is 0 Å². The van der Waals surface area contributed by atoms with Crippen LogP contribution in [-0.4, -0.2) is 16.5 Å². The number of fused-ring (bicyclic) bond motifs is 1. The van der Waals surface area contributed by atoms with Crippen LogP contribution in [0, 0.1) is 0 Å². The number of hydrogen-bond acceptors (Lipinski definition) is 4. The summed E-state index contributed by atoms with van der Waals surface area (Å²) in [6.45, 7) is 2.21. The molecule has 19 heavy (non-hydrogen) atoms. The van der Waals surface area contributed by atoms with E-state index in [0.717, 1.165) is 36.8 Å². The largest absolute Gasteiger partial charge is 0.486 e. The molecule has 0 radical (unpaired) electrons. The molecule has 98 valence electrons. The molecular weight excluding hydrogens is 262 g/mol.